The molecule has 0 bridgehead atoms. The van der Waals surface area contributed by atoms with Crippen LogP contribution in [0.1, 0.15) is 22.5 Å². The van der Waals surface area contributed by atoms with Crippen molar-refractivity contribution in [2.75, 3.05) is 5.73 Å². The Bertz CT molecular complexity index is 671. The van der Waals surface area contributed by atoms with Crippen LogP contribution in [-0.2, 0) is 12.8 Å². The van der Waals surface area contributed by atoms with E-state index < -0.39 is 0 Å². The molecule has 5 heteroatoms. The first-order chi connectivity index (χ1) is 8.76. The summed E-state index contributed by atoms with van der Waals surface area (Å²) in [6.07, 6.45) is 1.78. The van der Waals surface area contributed by atoms with Crippen molar-refractivity contribution >= 4 is 38.7 Å². The molecule has 0 fully saturated rings. The van der Waals surface area contributed by atoms with Crippen molar-refractivity contribution in [3.05, 3.63) is 39.2 Å². The van der Waals surface area contributed by atoms with Crippen LogP contribution in [0.2, 0.25) is 0 Å². The number of nitrogens with zero attached hydrogens (tertiary/aromatic N) is 2. The third kappa shape index (κ3) is 2.11. The molecule has 3 aromatic heterocycles. The molecule has 0 aliphatic rings. The van der Waals surface area contributed by atoms with Crippen LogP contribution in [0.3, 0.4) is 0 Å². The zero-order valence-corrected chi connectivity index (χ0v) is 11.6. The van der Waals surface area contributed by atoms with Gasteiger partial charge in [-0.05, 0) is 23.9 Å². The molecular formula is C13H13N3S2. The van der Waals surface area contributed by atoms with E-state index in [-0.39, 0.29) is 0 Å². The van der Waals surface area contributed by atoms with Crippen molar-refractivity contribution in [2.45, 2.75) is 19.8 Å². The average molecular weight is 275 g/mol. The van der Waals surface area contributed by atoms with Crippen molar-refractivity contribution in [3.63, 3.8) is 0 Å². The Morgan fingerprint density at radius 1 is 1.28 bits per heavy atom. The fourth-order valence-electron chi connectivity index (χ4n) is 1.86. The van der Waals surface area contributed by atoms with Crippen LogP contribution in [0.4, 0.5) is 5.82 Å². The highest BCUT2D eigenvalue weighted by Crippen LogP contribution is 2.28. The number of thiophene rings is 2. The van der Waals surface area contributed by atoms with Crippen molar-refractivity contribution in [3.8, 4) is 0 Å². The van der Waals surface area contributed by atoms with Gasteiger partial charge < -0.3 is 5.73 Å². The summed E-state index contributed by atoms with van der Waals surface area (Å²) in [6.45, 7) is 2.14. The molecule has 18 heavy (non-hydrogen) atoms. The second kappa shape index (κ2) is 4.66. The summed E-state index contributed by atoms with van der Waals surface area (Å²) >= 11 is 3.43. The van der Waals surface area contributed by atoms with Crippen LogP contribution in [0.25, 0.3) is 10.2 Å². The summed E-state index contributed by atoms with van der Waals surface area (Å²) in [4.78, 5) is 12.6. The van der Waals surface area contributed by atoms with E-state index in [1.165, 1.54) is 9.75 Å². The normalized spacial score (nSPS) is 11.2. The second-order valence-corrected chi connectivity index (χ2v) is 6.21. The molecule has 0 aliphatic heterocycles. The Balaban J connectivity index is 2.03. The first-order valence-electron chi connectivity index (χ1n) is 5.83. The summed E-state index contributed by atoms with van der Waals surface area (Å²) in [6, 6.07) is 6.24. The molecule has 3 heterocycles. The molecule has 0 aromatic carbocycles. The Kier molecular flexibility index (Phi) is 3.01. The van der Waals surface area contributed by atoms with Crippen LogP contribution < -0.4 is 5.73 Å². The first kappa shape index (κ1) is 11.6. The van der Waals surface area contributed by atoms with Gasteiger partial charge in [0.1, 0.15) is 16.5 Å². The monoisotopic (exact) mass is 275 g/mol. The van der Waals surface area contributed by atoms with Gasteiger partial charge in [0.25, 0.3) is 0 Å². The lowest BCUT2D eigenvalue weighted by Gasteiger charge is -2.00. The van der Waals surface area contributed by atoms with Gasteiger partial charge in [-0.2, -0.15) is 0 Å². The van der Waals surface area contributed by atoms with E-state index in [0.717, 1.165) is 28.9 Å². The van der Waals surface area contributed by atoms with Gasteiger partial charge in [0.2, 0.25) is 0 Å². The van der Waals surface area contributed by atoms with E-state index in [0.29, 0.717) is 5.82 Å². The molecule has 3 rings (SSSR count). The predicted octanol–water partition coefficient (Wildman–Crippen LogP) is 3.49. The molecule has 0 aliphatic carbocycles. The number of hydrogen-bond acceptors (Lipinski definition) is 5. The Labute approximate surface area is 113 Å². The Morgan fingerprint density at radius 3 is 2.89 bits per heavy atom. The number of nitrogen functional groups attached to an aromatic ring is 1. The second-order valence-electron chi connectivity index (χ2n) is 4.07. The Hall–Kier alpha value is -1.46. The SMILES string of the molecule is CCc1cc2c(N)nc(Cc3cccs3)nc2s1. The van der Waals surface area contributed by atoms with Gasteiger partial charge in [0.05, 0.1) is 5.39 Å². The minimum absolute atomic E-state index is 0.600. The van der Waals surface area contributed by atoms with E-state index in [4.69, 9.17) is 5.73 Å². The maximum Gasteiger partial charge on any atom is 0.137 e. The fraction of sp³-hybridized carbons (Fsp3) is 0.231. The topological polar surface area (TPSA) is 51.8 Å². The highest BCUT2D eigenvalue weighted by molar-refractivity contribution is 7.18. The van der Waals surface area contributed by atoms with Gasteiger partial charge in [-0.15, -0.1) is 22.7 Å². The third-order valence-electron chi connectivity index (χ3n) is 2.78. The summed E-state index contributed by atoms with van der Waals surface area (Å²) in [5.74, 6) is 1.41. The zero-order chi connectivity index (χ0) is 12.5. The maximum atomic E-state index is 6.01. The van der Waals surface area contributed by atoms with Crippen LogP contribution in [-0.4, -0.2) is 9.97 Å². The number of rotatable bonds is 3. The molecule has 3 aromatic rings. The first-order valence-corrected chi connectivity index (χ1v) is 7.53. The van der Waals surface area contributed by atoms with Crippen molar-refractivity contribution in [1.29, 1.82) is 0 Å². The van der Waals surface area contributed by atoms with Crippen molar-refractivity contribution in [2.24, 2.45) is 0 Å². The highest BCUT2D eigenvalue weighted by atomic mass is 32.1. The average Bonchev–Trinajstić information content (AvgIpc) is 2.97. The lowest BCUT2D eigenvalue weighted by Crippen LogP contribution is -1.99. The van der Waals surface area contributed by atoms with Gasteiger partial charge in [0, 0.05) is 16.2 Å². The van der Waals surface area contributed by atoms with Crippen LogP contribution in [0.5, 0.6) is 0 Å². The maximum absolute atomic E-state index is 6.01. The lowest BCUT2D eigenvalue weighted by atomic mass is 10.3. The molecule has 0 spiro atoms. The fourth-order valence-corrected chi connectivity index (χ4v) is 3.56. The predicted molar refractivity (Wildman–Crippen MR) is 78.3 cm³/mol. The molecule has 0 saturated heterocycles. The smallest absolute Gasteiger partial charge is 0.137 e. The Morgan fingerprint density at radius 2 is 2.17 bits per heavy atom. The molecule has 3 nitrogen and oxygen atoms in total. The number of hydrogen-bond donors (Lipinski definition) is 1. The van der Waals surface area contributed by atoms with E-state index in [1.54, 1.807) is 22.7 Å². The number of aromatic nitrogens is 2. The minimum atomic E-state index is 0.600. The van der Waals surface area contributed by atoms with Crippen molar-refractivity contribution < 1.29 is 0 Å². The van der Waals surface area contributed by atoms with Gasteiger partial charge in [-0.1, -0.05) is 13.0 Å². The quantitative estimate of drug-likeness (QED) is 0.796. The summed E-state index contributed by atoms with van der Waals surface area (Å²) in [7, 11) is 0. The molecule has 0 atom stereocenters. The standard InChI is InChI=1S/C13H13N3S2/c1-2-8-6-10-12(14)15-11(16-13(10)18-8)7-9-4-3-5-17-9/h3-6H,2,7H2,1H3,(H2,14,15,16). The number of fused-ring (bicyclic) bond motifs is 1. The van der Waals surface area contributed by atoms with Gasteiger partial charge in [0.15, 0.2) is 0 Å². The van der Waals surface area contributed by atoms with Crippen molar-refractivity contribution in [1.82, 2.24) is 9.97 Å². The third-order valence-corrected chi connectivity index (χ3v) is 4.83. The van der Waals surface area contributed by atoms with Gasteiger partial charge >= 0.3 is 0 Å². The van der Waals surface area contributed by atoms with E-state index in [1.807, 2.05) is 6.07 Å². The molecule has 0 unspecified atom stereocenters. The highest BCUT2D eigenvalue weighted by Gasteiger charge is 2.09. The largest absolute Gasteiger partial charge is 0.383 e. The number of aryl methyl sites for hydroxylation is 1. The summed E-state index contributed by atoms with van der Waals surface area (Å²) < 4.78 is 0. The molecule has 0 saturated carbocycles. The summed E-state index contributed by atoms with van der Waals surface area (Å²) in [5, 5.41) is 3.06. The van der Waals surface area contributed by atoms with E-state index in [9.17, 15) is 0 Å². The minimum Gasteiger partial charge on any atom is -0.383 e. The van der Waals surface area contributed by atoms with E-state index >= 15 is 0 Å². The van der Waals surface area contributed by atoms with Crippen LogP contribution >= 0.6 is 22.7 Å². The van der Waals surface area contributed by atoms with E-state index in [2.05, 4.69) is 34.4 Å². The molecular weight excluding hydrogens is 262 g/mol. The number of nitrogens with two attached hydrogens (primary N) is 1. The molecule has 0 amide bonds. The molecule has 0 radical (unpaired) electrons. The molecule has 92 valence electrons. The van der Waals surface area contributed by atoms with Crippen LogP contribution in [0.15, 0.2) is 23.6 Å². The molecule has 2 N–H and O–H groups in total. The number of anilines is 1. The van der Waals surface area contributed by atoms with Gasteiger partial charge in [-0.3, -0.25) is 0 Å². The zero-order valence-electron chi connectivity index (χ0n) is 10.0. The lowest BCUT2D eigenvalue weighted by molar-refractivity contribution is 1.02. The van der Waals surface area contributed by atoms with Gasteiger partial charge in [-0.25, -0.2) is 9.97 Å². The summed E-state index contributed by atoms with van der Waals surface area (Å²) in [5.41, 5.74) is 6.01. The van der Waals surface area contributed by atoms with Crippen LogP contribution in [0, 0.1) is 0 Å².